The number of hydrogen-bond acceptors (Lipinski definition) is 6. The van der Waals surface area contributed by atoms with E-state index in [2.05, 4.69) is 25.9 Å². The van der Waals surface area contributed by atoms with E-state index < -0.39 is 0 Å². The highest BCUT2D eigenvalue weighted by Gasteiger charge is 2.20. The van der Waals surface area contributed by atoms with Crippen LogP contribution in [0.4, 0.5) is 11.6 Å². The Hall–Kier alpha value is -1.89. The van der Waals surface area contributed by atoms with Crippen LogP contribution >= 0.6 is 0 Å². The van der Waals surface area contributed by atoms with Crippen molar-refractivity contribution >= 4 is 17.5 Å². The van der Waals surface area contributed by atoms with Gasteiger partial charge in [-0.15, -0.1) is 0 Å². The van der Waals surface area contributed by atoms with E-state index in [4.69, 9.17) is 4.74 Å². The molecule has 0 bridgehead atoms. The summed E-state index contributed by atoms with van der Waals surface area (Å²) < 4.78 is 5.36. The Kier molecular flexibility index (Phi) is 5.74. The Morgan fingerprint density at radius 3 is 2.71 bits per heavy atom. The summed E-state index contributed by atoms with van der Waals surface area (Å²) in [7, 11) is 0. The zero-order valence-corrected chi connectivity index (χ0v) is 12.6. The normalized spacial score (nSPS) is 17.6. The van der Waals surface area contributed by atoms with Gasteiger partial charge in [0, 0.05) is 38.2 Å². The van der Waals surface area contributed by atoms with Gasteiger partial charge in [0.25, 0.3) is 0 Å². The van der Waals surface area contributed by atoms with Crippen LogP contribution in [-0.4, -0.2) is 41.6 Å². The molecule has 3 N–H and O–H groups in total. The summed E-state index contributed by atoms with van der Waals surface area (Å²) >= 11 is 0. The number of anilines is 2. The smallest absolute Gasteiger partial charge is 0.220 e. The third kappa shape index (κ3) is 4.86. The molecule has 2 heterocycles. The molecule has 0 aromatic carbocycles. The lowest BCUT2D eigenvalue weighted by Gasteiger charge is -2.14. The van der Waals surface area contributed by atoms with Crippen LogP contribution in [0.1, 0.15) is 32.5 Å². The lowest BCUT2D eigenvalue weighted by molar-refractivity contribution is -0.119. The molecule has 1 aromatic heterocycles. The summed E-state index contributed by atoms with van der Waals surface area (Å²) in [5, 5.41) is 9.37. The van der Waals surface area contributed by atoms with Crippen LogP contribution in [0.3, 0.4) is 0 Å². The highest BCUT2D eigenvalue weighted by atomic mass is 16.5. The molecule has 0 saturated carbocycles. The molecule has 1 fully saturated rings. The van der Waals surface area contributed by atoms with Gasteiger partial charge < -0.3 is 20.7 Å². The van der Waals surface area contributed by atoms with Gasteiger partial charge in [-0.2, -0.15) is 0 Å². The molecule has 0 spiro atoms. The van der Waals surface area contributed by atoms with Crippen molar-refractivity contribution in [3.63, 3.8) is 0 Å². The van der Waals surface area contributed by atoms with Gasteiger partial charge >= 0.3 is 0 Å². The Bertz CT molecular complexity index is 480. The fourth-order valence-electron chi connectivity index (χ4n) is 2.18. The second-order valence-corrected chi connectivity index (χ2v) is 4.91. The van der Waals surface area contributed by atoms with Crippen molar-refractivity contribution in [3.05, 3.63) is 11.9 Å². The summed E-state index contributed by atoms with van der Waals surface area (Å²) in [4.78, 5) is 20.0. The first-order valence-electron chi connectivity index (χ1n) is 7.44. The van der Waals surface area contributed by atoms with Gasteiger partial charge in [-0.3, -0.25) is 4.79 Å². The Morgan fingerprint density at radius 2 is 2.10 bits per heavy atom. The van der Waals surface area contributed by atoms with Crippen molar-refractivity contribution in [1.29, 1.82) is 0 Å². The number of hydrogen-bond donors (Lipinski definition) is 3. The maximum atomic E-state index is 11.2. The predicted molar refractivity (Wildman–Crippen MR) is 81.2 cm³/mol. The molecular weight excluding hydrogens is 270 g/mol. The SMILES string of the molecule is CCNc1cc(NCC2CCC(=O)N2)nc(COCC)n1. The third-order valence-electron chi connectivity index (χ3n) is 3.18. The molecular formula is C14H23N5O2. The molecule has 7 nitrogen and oxygen atoms in total. The summed E-state index contributed by atoms with van der Waals surface area (Å²) in [6.07, 6.45) is 1.47. The largest absolute Gasteiger partial charge is 0.374 e. The first-order chi connectivity index (χ1) is 10.2. The van der Waals surface area contributed by atoms with Crippen LogP contribution in [0.25, 0.3) is 0 Å². The number of ether oxygens (including phenoxy) is 1. The van der Waals surface area contributed by atoms with Crippen molar-refractivity contribution in [1.82, 2.24) is 15.3 Å². The fraction of sp³-hybridized carbons (Fsp3) is 0.643. The minimum absolute atomic E-state index is 0.120. The molecule has 0 aliphatic carbocycles. The summed E-state index contributed by atoms with van der Waals surface area (Å²) in [6.45, 7) is 6.45. The summed E-state index contributed by atoms with van der Waals surface area (Å²) in [5.41, 5.74) is 0. The quantitative estimate of drug-likeness (QED) is 0.666. The minimum atomic E-state index is 0.120. The van der Waals surface area contributed by atoms with E-state index in [0.717, 1.165) is 24.6 Å². The first-order valence-corrected chi connectivity index (χ1v) is 7.44. The van der Waals surface area contributed by atoms with E-state index >= 15 is 0 Å². The molecule has 0 radical (unpaired) electrons. The highest BCUT2D eigenvalue weighted by molar-refractivity contribution is 5.78. The highest BCUT2D eigenvalue weighted by Crippen LogP contribution is 2.13. The van der Waals surface area contributed by atoms with Crippen LogP contribution in [0.2, 0.25) is 0 Å². The van der Waals surface area contributed by atoms with E-state index in [1.165, 1.54) is 0 Å². The molecule has 2 rings (SSSR count). The minimum Gasteiger partial charge on any atom is -0.374 e. The topological polar surface area (TPSA) is 88.2 Å². The number of carbonyl (C=O) groups is 1. The fourth-order valence-corrected chi connectivity index (χ4v) is 2.18. The van der Waals surface area contributed by atoms with E-state index in [1.54, 1.807) is 0 Å². The molecule has 116 valence electrons. The van der Waals surface area contributed by atoms with Crippen molar-refractivity contribution in [3.8, 4) is 0 Å². The Balaban J connectivity index is 1.98. The van der Waals surface area contributed by atoms with Gasteiger partial charge in [0.05, 0.1) is 0 Å². The van der Waals surface area contributed by atoms with E-state index in [1.807, 2.05) is 19.9 Å². The van der Waals surface area contributed by atoms with Crippen LogP contribution in [-0.2, 0) is 16.1 Å². The van der Waals surface area contributed by atoms with E-state index in [0.29, 0.717) is 32.0 Å². The second kappa shape index (κ2) is 7.78. The predicted octanol–water partition coefficient (Wildman–Crippen LogP) is 1.14. The molecule has 1 aliphatic rings. The van der Waals surface area contributed by atoms with Gasteiger partial charge in [0.2, 0.25) is 5.91 Å². The monoisotopic (exact) mass is 293 g/mol. The van der Waals surface area contributed by atoms with Crippen LogP contribution in [0.15, 0.2) is 6.07 Å². The second-order valence-electron chi connectivity index (χ2n) is 4.91. The number of nitrogens with zero attached hydrogens (tertiary/aromatic N) is 2. The van der Waals surface area contributed by atoms with Gasteiger partial charge in [-0.1, -0.05) is 0 Å². The lowest BCUT2D eigenvalue weighted by atomic mass is 10.2. The zero-order valence-electron chi connectivity index (χ0n) is 12.6. The standard InChI is InChI=1S/C14H23N5O2/c1-3-15-11-7-12(19-13(18-11)9-21-4-2)16-8-10-5-6-14(20)17-10/h7,10H,3-6,8-9H2,1-2H3,(H,17,20)(H2,15,16,18,19). The first kappa shape index (κ1) is 15.5. The molecule has 21 heavy (non-hydrogen) atoms. The molecule has 1 saturated heterocycles. The van der Waals surface area contributed by atoms with Crippen molar-refractivity contribution in [2.75, 3.05) is 30.3 Å². The average Bonchev–Trinajstić information content (AvgIpc) is 2.89. The molecule has 1 aromatic rings. The molecule has 1 amide bonds. The van der Waals surface area contributed by atoms with Crippen molar-refractivity contribution < 1.29 is 9.53 Å². The molecule has 1 atom stereocenters. The zero-order chi connectivity index (χ0) is 15.1. The van der Waals surface area contributed by atoms with Crippen molar-refractivity contribution in [2.45, 2.75) is 39.3 Å². The van der Waals surface area contributed by atoms with Gasteiger partial charge in [0.1, 0.15) is 18.2 Å². The van der Waals surface area contributed by atoms with Crippen LogP contribution in [0.5, 0.6) is 0 Å². The number of amides is 1. The Morgan fingerprint density at radius 1 is 1.33 bits per heavy atom. The van der Waals surface area contributed by atoms with Gasteiger partial charge in [0.15, 0.2) is 5.82 Å². The lowest BCUT2D eigenvalue weighted by Crippen LogP contribution is -2.32. The maximum Gasteiger partial charge on any atom is 0.220 e. The van der Waals surface area contributed by atoms with E-state index in [-0.39, 0.29) is 11.9 Å². The number of aromatic nitrogens is 2. The van der Waals surface area contributed by atoms with Crippen LogP contribution in [0, 0.1) is 0 Å². The number of carbonyl (C=O) groups excluding carboxylic acids is 1. The number of rotatable bonds is 8. The third-order valence-corrected chi connectivity index (χ3v) is 3.18. The van der Waals surface area contributed by atoms with Gasteiger partial charge in [-0.05, 0) is 20.3 Å². The molecule has 1 unspecified atom stereocenters. The van der Waals surface area contributed by atoms with Crippen molar-refractivity contribution in [2.24, 2.45) is 0 Å². The molecule has 7 heteroatoms. The summed E-state index contributed by atoms with van der Waals surface area (Å²) in [6, 6.07) is 2.04. The van der Waals surface area contributed by atoms with E-state index in [9.17, 15) is 4.79 Å². The molecule has 1 aliphatic heterocycles. The Labute approximate surface area is 124 Å². The van der Waals surface area contributed by atoms with Crippen LogP contribution < -0.4 is 16.0 Å². The number of nitrogens with one attached hydrogen (secondary N) is 3. The maximum absolute atomic E-state index is 11.2. The average molecular weight is 293 g/mol. The summed E-state index contributed by atoms with van der Waals surface area (Å²) in [5.74, 6) is 2.29. The van der Waals surface area contributed by atoms with Gasteiger partial charge in [-0.25, -0.2) is 9.97 Å².